The van der Waals surface area contributed by atoms with Crippen LogP contribution in [0.25, 0.3) is 10.8 Å². The molecule has 4 heterocycles. The van der Waals surface area contributed by atoms with Gasteiger partial charge in [-0.05, 0) is 69.6 Å². The van der Waals surface area contributed by atoms with Crippen LogP contribution in [0, 0.1) is 5.41 Å². The van der Waals surface area contributed by atoms with E-state index in [0.717, 1.165) is 74.1 Å². The number of rotatable bonds is 11. The summed E-state index contributed by atoms with van der Waals surface area (Å²) in [7, 11) is 4.24. The molecule has 3 aliphatic rings. The fourth-order valence-corrected chi connectivity index (χ4v) is 6.69. The van der Waals surface area contributed by atoms with Crippen LogP contribution in [0.15, 0.2) is 36.4 Å². The fraction of sp³-hybridized carbons (Fsp3) is 0.515. The summed E-state index contributed by atoms with van der Waals surface area (Å²) in [6.45, 7) is 6.72. The number of fused-ring (bicyclic) bond motifs is 2. The number of aryl methyl sites for hydroxylation is 1. The van der Waals surface area contributed by atoms with Crippen molar-refractivity contribution in [2.45, 2.75) is 64.6 Å². The van der Waals surface area contributed by atoms with Gasteiger partial charge in [0.25, 0.3) is 0 Å². The van der Waals surface area contributed by atoms with Crippen LogP contribution in [-0.2, 0) is 30.7 Å². The Morgan fingerprint density at radius 1 is 1.14 bits per heavy atom. The van der Waals surface area contributed by atoms with Crippen LogP contribution in [0.1, 0.15) is 67.2 Å². The molecule has 10 nitrogen and oxygen atoms in total. The van der Waals surface area contributed by atoms with E-state index in [-0.39, 0.29) is 11.5 Å². The molecule has 10 heteroatoms. The molecule has 4 aromatic rings. The van der Waals surface area contributed by atoms with Gasteiger partial charge in [0.05, 0.1) is 25.4 Å². The number of nitrogens with zero attached hydrogens (tertiary/aromatic N) is 6. The third-order valence-corrected chi connectivity index (χ3v) is 9.06. The number of H-pyrrole nitrogens is 1. The van der Waals surface area contributed by atoms with Gasteiger partial charge in [0.15, 0.2) is 5.82 Å². The maximum absolute atomic E-state index is 6.35. The van der Waals surface area contributed by atoms with Crippen molar-refractivity contribution >= 4 is 22.3 Å². The second kappa shape index (κ2) is 11.7. The average Bonchev–Trinajstić information content (AvgIpc) is 3.37. The van der Waals surface area contributed by atoms with E-state index in [1.54, 1.807) is 0 Å². The van der Waals surface area contributed by atoms with Crippen molar-refractivity contribution < 1.29 is 9.47 Å². The predicted octanol–water partition coefficient (Wildman–Crippen LogP) is 5.06. The van der Waals surface area contributed by atoms with Crippen molar-refractivity contribution in [2.75, 3.05) is 50.6 Å². The molecule has 2 aromatic heterocycles. The summed E-state index contributed by atoms with van der Waals surface area (Å²) in [6.07, 6.45) is 6.23. The quantitative estimate of drug-likeness (QED) is 0.251. The lowest BCUT2D eigenvalue weighted by atomic mass is 9.98. The van der Waals surface area contributed by atoms with E-state index >= 15 is 0 Å². The van der Waals surface area contributed by atoms with Gasteiger partial charge >= 0.3 is 6.01 Å². The molecule has 2 aromatic carbocycles. The number of benzene rings is 2. The van der Waals surface area contributed by atoms with Crippen LogP contribution in [-0.4, -0.2) is 70.4 Å². The van der Waals surface area contributed by atoms with E-state index in [4.69, 9.17) is 19.4 Å². The first-order valence-electron chi connectivity index (χ1n) is 15.7. The Kier molecular flexibility index (Phi) is 7.65. The molecule has 226 valence electrons. The lowest BCUT2D eigenvalue weighted by molar-refractivity contribution is 0.105. The van der Waals surface area contributed by atoms with E-state index in [0.29, 0.717) is 25.7 Å². The van der Waals surface area contributed by atoms with Crippen molar-refractivity contribution in [3.8, 4) is 6.01 Å². The molecular weight excluding hydrogens is 540 g/mol. The summed E-state index contributed by atoms with van der Waals surface area (Å²) in [5, 5.41) is 14.9. The normalized spacial score (nSPS) is 19.2. The first kappa shape index (κ1) is 28.0. The van der Waals surface area contributed by atoms with Crippen LogP contribution in [0.4, 0.5) is 11.5 Å². The molecule has 2 aliphatic heterocycles. The molecule has 0 radical (unpaired) electrons. The molecule has 1 unspecified atom stereocenters. The van der Waals surface area contributed by atoms with Crippen molar-refractivity contribution in [1.29, 1.82) is 0 Å². The molecule has 2 N–H and O–H groups in total. The van der Waals surface area contributed by atoms with Gasteiger partial charge in [-0.15, -0.1) is 10.2 Å². The zero-order chi connectivity index (χ0) is 29.4. The first-order valence-corrected chi connectivity index (χ1v) is 15.7. The summed E-state index contributed by atoms with van der Waals surface area (Å²) < 4.78 is 12.1. The molecule has 1 saturated heterocycles. The van der Waals surface area contributed by atoms with E-state index < -0.39 is 0 Å². The Hall–Kier alpha value is -3.76. The third kappa shape index (κ3) is 5.90. The molecule has 1 aliphatic carbocycles. The molecule has 7 rings (SSSR count). The second-order valence-electron chi connectivity index (χ2n) is 12.6. The maximum atomic E-state index is 6.35. The molecule has 0 spiro atoms. The smallest absolute Gasteiger partial charge is 0.318 e. The Labute approximate surface area is 253 Å². The molecule has 1 saturated carbocycles. The molecular formula is C33H42N8O2. The summed E-state index contributed by atoms with van der Waals surface area (Å²) in [4.78, 5) is 18.0. The van der Waals surface area contributed by atoms with Gasteiger partial charge in [-0.1, -0.05) is 37.3 Å². The third-order valence-electron chi connectivity index (χ3n) is 9.06. The highest BCUT2D eigenvalue weighted by Gasteiger charge is 2.44. The number of nitrogens with one attached hydrogen (secondary N) is 2. The van der Waals surface area contributed by atoms with Crippen molar-refractivity contribution in [1.82, 2.24) is 30.0 Å². The van der Waals surface area contributed by atoms with Gasteiger partial charge in [-0.25, -0.2) is 0 Å². The highest BCUT2D eigenvalue weighted by molar-refractivity contribution is 5.97. The Balaban J connectivity index is 1.16. The van der Waals surface area contributed by atoms with Crippen molar-refractivity contribution in [2.24, 2.45) is 5.41 Å². The van der Waals surface area contributed by atoms with E-state index in [1.165, 1.54) is 34.9 Å². The topological polar surface area (TPSA) is 104 Å². The summed E-state index contributed by atoms with van der Waals surface area (Å²) in [5.41, 5.74) is 4.99. The van der Waals surface area contributed by atoms with Gasteiger partial charge in [0, 0.05) is 41.7 Å². The van der Waals surface area contributed by atoms with Crippen LogP contribution in [0.3, 0.4) is 0 Å². The maximum Gasteiger partial charge on any atom is 0.318 e. The van der Waals surface area contributed by atoms with Gasteiger partial charge in [0.2, 0.25) is 0 Å². The van der Waals surface area contributed by atoms with Gasteiger partial charge in [-0.3, -0.25) is 0 Å². The fourth-order valence-electron chi connectivity index (χ4n) is 6.69. The van der Waals surface area contributed by atoms with Gasteiger partial charge in [-0.2, -0.15) is 9.97 Å². The molecule has 0 amide bonds. The van der Waals surface area contributed by atoms with E-state index in [9.17, 15) is 0 Å². The Morgan fingerprint density at radius 3 is 2.77 bits per heavy atom. The van der Waals surface area contributed by atoms with Crippen LogP contribution in [0.2, 0.25) is 0 Å². The minimum atomic E-state index is 0.0123. The number of ether oxygens (including phenoxy) is 2. The van der Waals surface area contributed by atoms with Gasteiger partial charge < -0.3 is 29.6 Å². The lowest BCUT2D eigenvalue weighted by Crippen LogP contribution is -2.33. The number of aromatic nitrogens is 5. The Bertz CT molecular complexity index is 1590. The SMILES string of the molecule is CCc1cccc2cccc(N3CCc4c(nc(OCC5(CN(C)C)CC5)nc4NCc4nnc(C5CCCO5)[nH]4)C3)c12. The van der Waals surface area contributed by atoms with Crippen LogP contribution < -0.4 is 15.0 Å². The number of aromatic amines is 1. The number of anilines is 2. The minimum Gasteiger partial charge on any atom is -0.463 e. The summed E-state index contributed by atoms with van der Waals surface area (Å²) >= 11 is 0. The molecule has 1 atom stereocenters. The van der Waals surface area contributed by atoms with Crippen molar-refractivity contribution in [3.63, 3.8) is 0 Å². The minimum absolute atomic E-state index is 0.0123. The zero-order valence-electron chi connectivity index (χ0n) is 25.5. The summed E-state index contributed by atoms with van der Waals surface area (Å²) in [5.74, 6) is 2.39. The van der Waals surface area contributed by atoms with E-state index in [1.807, 2.05) is 0 Å². The zero-order valence-corrected chi connectivity index (χ0v) is 25.5. The highest BCUT2D eigenvalue weighted by atomic mass is 16.5. The van der Waals surface area contributed by atoms with E-state index in [2.05, 4.69) is 87.7 Å². The van der Waals surface area contributed by atoms with Crippen molar-refractivity contribution in [3.05, 3.63) is 64.9 Å². The second-order valence-corrected chi connectivity index (χ2v) is 12.6. The summed E-state index contributed by atoms with van der Waals surface area (Å²) in [6, 6.07) is 13.7. The molecule has 43 heavy (non-hydrogen) atoms. The highest BCUT2D eigenvalue weighted by Crippen LogP contribution is 2.46. The number of hydrogen-bond donors (Lipinski definition) is 2. The largest absolute Gasteiger partial charge is 0.463 e. The van der Waals surface area contributed by atoms with Crippen LogP contribution >= 0.6 is 0 Å². The first-order chi connectivity index (χ1) is 21.0. The standard InChI is InChI=1S/C33H42N8O2/c1-4-22-8-5-9-23-10-6-11-26(29(22)23)41-16-13-24-25(19-41)35-32(43-21-33(14-15-33)20-40(2)3)37-30(24)34-18-28-36-31(39-38-28)27-12-7-17-42-27/h5-6,8-11,27H,4,7,12-21H2,1-3H3,(H,34,35,37)(H,36,38,39). The van der Waals surface area contributed by atoms with Crippen LogP contribution in [0.5, 0.6) is 6.01 Å². The lowest BCUT2D eigenvalue weighted by Gasteiger charge is -2.32. The Morgan fingerprint density at radius 2 is 2.00 bits per heavy atom. The number of hydrogen-bond acceptors (Lipinski definition) is 9. The average molecular weight is 583 g/mol. The monoisotopic (exact) mass is 582 g/mol. The molecule has 0 bridgehead atoms. The predicted molar refractivity (Wildman–Crippen MR) is 167 cm³/mol. The van der Waals surface area contributed by atoms with Gasteiger partial charge in [0.1, 0.15) is 17.7 Å². The molecule has 2 fully saturated rings.